The quantitative estimate of drug-likeness (QED) is 0.338. The first-order valence-corrected chi connectivity index (χ1v) is 8.37. The second-order valence-electron chi connectivity index (χ2n) is 5.71. The Morgan fingerprint density at radius 1 is 0.952 bits per heavy atom. The lowest BCUT2D eigenvalue weighted by molar-refractivity contribution is -0.137. The van der Waals surface area contributed by atoms with E-state index < -0.39 is 5.97 Å². The fourth-order valence-corrected chi connectivity index (χ4v) is 2.09. The molecule has 0 heterocycles. The third-order valence-electron chi connectivity index (χ3n) is 3.49. The predicted molar refractivity (Wildman–Crippen MR) is 91.4 cm³/mol. The Bertz CT molecular complexity index is 326. The summed E-state index contributed by atoms with van der Waals surface area (Å²) in [5.41, 5.74) is 0. The molecule has 21 heavy (non-hydrogen) atoms. The number of unbranched alkanes of at least 4 members (excludes halogenated alkanes) is 3. The second-order valence-corrected chi connectivity index (χ2v) is 5.71. The minimum atomic E-state index is -0.680. The zero-order chi connectivity index (χ0) is 15.8. The second kappa shape index (κ2) is 15.1. The maximum absolute atomic E-state index is 10.4. The van der Waals surface area contributed by atoms with Crippen LogP contribution in [0.5, 0.6) is 0 Å². The van der Waals surface area contributed by atoms with Crippen molar-refractivity contribution in [3.63, 3.8) is 0 Å². The standard InChI is InChI=1S/C19H32O2/c1-3-4-5-6-7-8-9-10-11-12-15-18(2)16-13-14-17-19(20)21/h6-11,18H,3-5,12-17H2,1-2H3,(H,20,21)/b7-6?,9-8+,11-10-. The summed E-state index contributed by atoms with van der Waals surface area (Å²) in [4.78, 5) is 10.4. The molecule has 0 aromatic carbocycles. The van der Waals surface area contributed by atoms with Gasteiger partial charge in [0.05, 0.1) is 0 Å². The zero-order valence-electron chi connectivity index (χ0n) is 13.8. The van der Waals surface area contributed by atoms with Crippen LogP contribution in [0.1, 0.15) is 71.6 Å². The topological polar surface area (TPSA) is 37.3 Å². The number of allylic oxidation sites excluding steroid dienone is 6. The van der Waals surface area contributed by atoms with E-state index in [2.05, 4.69) is 50.3 Å². The molecule has 0 aromatic rings. The van der Waals surface area contributed by atoms with E-state index in [9.17, 15) is 4.79 Å². The first-order valence-electron chi connectivity index (χ1n) is 8.37. The maximum Gasteiger partial charge on any atom is 0.303 e. The van der Waals surface area contributed by atoms with Gasteiger partial charge >= 0.3 is 5.97 Å². The summed E-state index contributed by atoms with van der Waals surface area (Å²) in [7, 11) is 0. The lowest BCUT2D eigenvalue weighted by atomic mass is 9.98. The lowest BCUT2D eigenvalue weighted by Crippen LogP contribution is -1.97. The molecule has 0 saturated carbocycles. The predicted octanol–water partition coefficient (Wildman–Crippen LogP) is 5.91. The van der Waals surface area contributed by atoms with Gasteiger partial charge in [-0.3, -0.25) is 4.79 Å². The molecule has 0 fully saturated rings. The van der Waals surface area contributed by atoms with E-state index in [1.54, 1.807) is 0 Å². The third kappa shape index (κ3) is 16.6. The molecule has 0 aliphatic rings. The van der Waals surface area contributed by atoms with Crippen LogP contribution in [0, 0.1) is 5.92 Å². The number of carboxylic acids is 1. The Kier molecular flexibility index (Phi) is 14.1. The summed E-state index contributed by atoms with van der Waals surface area (Å²) < 4.78 is 0. The maximum atomic E-state index is 10.4. The molecule has 0 spiro atoms. The summed E-state index contributed by atoms with van der Waals surface area (Å²) in [5.74, 6) is 0.00230. The summed E-state index contributed by atoms with van der Waals surface area (Å²) >= 11 is 0. The van der Waals surface area contributed by atoms with Gasteiger partial charge in [0, 0.05) is 6.42 Å². The summed E-state index contributed by atoms with van der Waals surface area (Å²) in [6.45, 7) is 4.46. The van der Waals surface area contributed by atoms with Crippen LogP contribution in [-0.4, -0.2) is 11.1 Å². The molecular formula is C19H32O2. The Morgan fingerprint density at radius 3 is 2.24 bits per heavy atom. The van der Waals surface area contributed by atoms with Crippen molar-refractivity contribution in [1.82, 2.24) is 0 Å². The molecule has 0 amide bonds. The van der Waals surface area contributed by atoms with Crippen molar-refractivity contribution in [3.05, 3.63) is 36.5 Å². The van der Waals surface area contributed by atoms with Gasteiger partial charge in [-0.1, -0.05) is 76.0 Å². The third-order valence-corrected chi connectivity index (χ3v) is 3.49. The smallest absolute Gasteiger partial charge is 0.303 e. The Hall–Kier alpha value is -1.31. The van der Waals surface area contributed by atoms with E-state index in [4.69, 9.17) is 5.11 Å². The first-order chi connectivity index (χ1) is 10.2. The van der Waals surface area contributed by atoms with Gasteiger partial charge in [0.25, 0.3) is 0 Å². The van der Waals surface area contributed by atoms with E-state index in [0.717, 1.165) is 25.7 Å². The number of rotatable bonds is 13. The molecule has 2 nitrogen and oxygen atoms in total. The number of hydrogen-bond donors (Lipinski definition) is 1. The number of carbonyl (C=O) groups is 1. The van der Waals surface area contributed by atoms with Crippen LogP contribution in [-0.2, 0) is 4.79 Å². The molecule has 2 heteroatoms. The number of carboxylic acid groups (broad SMARTS) is 1. The van der Waals surface area contributed by atoms with Gasteiger partial charge < -0.3 is 5.11 Å². The fourth-order valence-electron chi connectivity index (χ4n) is 2.09. The molecular weight excluding hydrogens is 260 g/mol. The largest absolute Gasteiger partial charge is 0.481 e. The van der Waals surface area contributed by atoms with Gasteiger partial charge in [-0.2, -0.15) is 0 Å². The SMILES string of the molecule is CCCCC=C/C=C/C=C\CCC(C)CCCCC(=O)O. The van der Waals surface area contributed by atoms with E-state index >= 15 is 0 Å². The van der Waals surface area contributed by atoms with Gasteiger partial charge in [0.2, 0.25) is 0 Å². The van der Waals surface area contributed by atoms with Crippen LogP contribution in [0.4, 0.5) is 0 Å². The highest BCUT2D eigenvalue weighted by atomic mass is 16.4. The number of hydrogen-bond acceptors (Lipinski definition) is 1. The lowest BCUT2D eigenvalue weighted by Gasteiger charge is -2.08. The summed E-state index contributed by atoms with van der Waals surface area (Å²) in [5, 5.41) is 8.56. The molecule has 0 aliphatic carbocycles. The van der Waals surface area contributed by atoms with Crippen molar-refractivity contribution in [1.29, 1.82) is 0 Å². The van der Waals surface area contributed by atoms with Gasteiger partial charge in [-0.15, -0.1) is 0 Å². The molecule has 0 rings (SSSR count). The molecule has 1 N–H and O–H groups in total. The van der Waals surface area contributed by atoms with Crippen LogP contribution in [0.25, 0.3) is 0 Å². The molecule has 0 saturated heterocycles. The van der Waals surface area contributed by atoms with E-state index in [-0.39, 0.29) is 0 Å². The van der Waals surface area contributed by atoms with Gasteiger partial charge in [0.1, 0.15) is 0 Å². The Morgan fingerprint density at radius 2 is 1.62 bits per heavy atom. The van der Waals surface area contributed by atoms with E-state index in [1.165, 1.54) is 25.7 Å². The fraction of sp³-hybridized carbons (Fsp3) is 0.632. The van der Waals surface area contributed by atoms with Crippen molar-refractivity contribution in [2.24, 2.45) is 5.92 Å². The number of aliphatic carboxylic acids is 1. The molecule has 0 aliphatic heterocycles. The van der Waals surface area contributed by atoms with Crippen LogP contribution in [0.2, 0.25) is 0 Å². The molecule has 0 bridgehead atoms. The van der Waals surface area contributed by atoms with Crippen LogP contribution in [0.3, 0.4) is 0 Å². The van der Waals surface area contributed by atoms with Crippen LogP contribution in [0.15, 0.2) is 36.5 Å². The average Bonchev–Trinajstić information content (AvgIpc) is 2.45. The Labute approximate surface area is 130 Å². The van der Waals surface area contributed by atoms with Crippen molar-refractivity contribution in [3.8, 4) is 0 Å². The minimum absolute atomic E-state index is 0.309. The monoisotopic (exact) mass is 292 g/mol. The summed E-state index contributed by atoms with van der Waals surface area (Å²) in [6, 6.07) is 0. The molecule has 0 radical (unpaired) electrons. The van der Waals surface area contributed by atoms with Crippen molar-refractivity contribution in [2.75, 3.05) is 0 Å². The van der Waals surface area contributed by atoms with Crippen LogP contribution >= 0.6 is 0 Å². The van der Waals surface area contributed by atoms with Crippen molar-refractivity contribution < 1.29 is 9.90 Å². The van der Waals surface area contributed by atoms with Crippen molar-refractivity contribution in [2.45, 2.75) is 71.6 Å². The van der Waals surface area contributed by atoms with Gasteiger partial charge in [-0.25, -0.2) is 0 Å². The Balaban J connectivity index is 3.50. The van der Waals surface area contributed by atoms with Gasteiger partial charge in [-0.05, 0) is 31.6 Å². The van der Waals surface area contributed by atoms with Gasteiger partial charge in [0.15, 0.2) is 0 Å². The molecule has 0 aromatic heterocycles. The normalized spacial score (nSPS) is 13.6. The highest BCUT2D eigenvalue weighted by Crippen LogP contribution is 2.15. The first kappa shape index (κ1) is 19.7. The molecule has 120 valence electrons. The van der Waals surface area contributed by atoms with Crippen molar-refractivity contribution >= 4 is 5.97 Å². The highest BCUT2D eigenvalue weighted by Gasteiger charge is 2.02. The van der Waals surface area contributed by atoms with E-state index in [1.807, 2.05) is 0 Å². The highest BCUT2D eigenvalue weighted by molar-refractivity contribution is 5.66. The van der Waals surface area contributed by atoms with Crippen LogP contribution < -0.4 is 0 Å². The van der Waals surface area contributed by atoms with E-state index in [0.29, 0.717) is 12.3 Å². The summed E-state index contributed by atoms with van der Waals surface area (Å²) in [6.07, 6.45) is 22.1. The zero-order valence-corrected chi connectivity index (χ0v) is 13.8. The minimum Gasteiger partial charge on any atom is -0.481 e. The molecule has 1 atom stereocenters. The average molecular weight is 292 g/mol. The molecule has 1 unspecified atom stereocenters.